The second-order valence-corrected chi connectivity index (χ2v) is 9.58. The molecular formula is C27H34N4O4. The normalized spacial score (nSPS) is 16.7. The van der Waals surface area contributed by atoms with Crippen molar-refractivity contribution in [2.24, 2.45) is 13.0 Å². The molecule has 0 spiro atoms. The molecule has 0 radical (unpaired) electrons. The number of nitrogens with zero attached hydrogens (tertiary/aromatic N) is 4. The number of rotatable bonds is 7. The molecule has 1 fully saturated rings. The number of hydrogen-bond acceptors (Lipinski definition) is 5. The second-order valence-electron chi connectivity index (χ2n) is 9.58. The third-order valence-corrected chi connectivity index (χ3v) is 6.52. The zero-order valence-corrected chi connectivity index (χ0v) is 21.2. The van der Waals surface area contributed by atoms with Crippen molar-refractivity contribution in [1.82, 2.24) is 19.4 Å². The van der Waals surface area contributed by atoms with E-state index in [1.165, 1.54) is 0 Å². The van der Waals surface area contributed by atoms with Crippen LogP contribution >= 0.6 is 0 Å². The number of carbonyl (C=O) groups is 2. The number of amides is 2. The van der Waals surface area contributed by atoms with Crippen molar-refractivity contribution in [2.45, 2.75) is 33.5 Å². The molecule has 8 nitrogen and oxygen atoms in total. The average Bonchev–Trinajstić information content (AvgIpc) is 2.99. The Morgan fingerprint density at radius 3 is 2.71 bits per heavy atom. The number of aromatic nitrogens is 2. The Kier molecular flexibility index (Phi) is 7.40. The van der Waals surface area contributed by atoms with Gasteiger partial charge in [-0.1, -0.05) is 19.9 Å². The maximum Gasteiger partial charge on any atom is 0.256 e. The third-order valence-electron chi connectivity index (χ3n) is 6.52. The van der Waals surface area contributed by atoms with Gasteiger partial charge in [0.2, 0.25) is 5.91 Å². The highest BCUT2D eigenvalue weighted by Gasteiger charge is 2.33. The molecule has 1 aromatic carbocycles. The van der Waals surface area contributed by atoms with Gasteiger partial charge in [0.25, 0.3) is 5.91 Å². The second kappa shape index (κ2) is 10.5. The third kappa shape index (κ3) is 5.32. The van der Waals surface area contributed by atoms with E-state index in [4.69, 9.17) is 9.47 Å². The molecular weight excluding hydrogens is 444 g/mol. The monoisotopic (exact) mass is 478 g/mol. The Balaban J connectivity index is 1.65. The highest BCUT2D eigenvalue weighted by atomic mass is 16.5. The van der Waals surface area contributed by atoms with Crippen molar-refractivity contribution < 1.29 is 19.1 Å². The molecule has 4 rings (SSSR count). The molecule has 0 unspecified atom stereocenters. The van der Waals surface area contributed by atoms with Gasteiger partial charge in [-0.2, -0.15) is 0 Å². The molecule has 1 saturated heterocycles. The molecule has 0 saturated carbocycles. The van der Waals surface area contributed by atoms with E-state index in [0.29, 0.717) is 43.5 Å². The lowest BCUT2D eigenvalue weighted by molar-refractivity contribution is -0.132. The zero-order valence-electron chi connectivity index (χ0n) is 21.2. The summed E-state index contributed by atoms with van der Waals surface area (Å²) in [5.74, 6) is 0.768. The highest BCUT2D eigenvalue weighted by Crippen LogP contribution is 2.30. The van der Waals surface area contributed by atoms with Crippen molar-refractivity contribution in [2.75, 3.05) is 33.3 Å². The van der Waals surface area contributed by atoms with E-state index in [9.17, 15) is 9.59 Å². The number of pyridine rings is 1. The number of ether oxygens (including phenoxy) is 2. The van der Waals surface area contributed by atoms with Gasteiger partial charge in [0.05, 0.1) is 25.4 Å². The number of methoxy groups -OCH3 is 1. The predicted molar refractivity (Wildman–Crippen MR) is 134 cm³/mol. The minimum atomic E-state index is -0.311. The number of aryl methyl sites for hydroxylation is 1. The number of benzene rings is 1. The standard InChI is InChI=1S/C27H34N4O4/c1-18(2)13-30-14-22(35-17-20-7-6-10-28-12-20)15-31(16-25(30)32)27(33)26-19(3)29(4)24-9-8-21(34-5)11-23(24)26/h6-12,18,22H,13-17H2,1-5H3/t22-/m0/s1. The first kappa shape index (κ1) is 24.7. The van der Waals surface area contributed by atoms with E-state index in [2.05, 4.69) is 18.8 Å². The molecule has 3 aromatic rings. The molecule has 35 heavy (non-hydrogen) atoms. The van der Waals surface area contributed by atoms with E-state index < -0.39 is 0 Å². The average molecular weight is 479 g/mol. The van der Waals surface area contributed by atoms with Crippen LogP contribution in [0, 0.1) is 12.8 Å². The van der Waals surface area contributed by atoms with E-state index >= 15 is 0 Å². The van der Waals surface area contributed by atoms with Crippen molar-refractivity contribution >= 4 is 22.7 Å². The summed E-state index contributed by atoms with van der Waals surface area (Å²) >= 11 is 0. The van der Waals surface area contributed by atoms with Gasteiger partial charge in [0.1, 0.15) is 12.3 Å². The van der Waals surface area contributed by atoms with Gasteiger partial charge < -0.3 is 23.8 Å². The first-order valence-electron chi connectivity index (χ1n) is 12.0. The summed E-state index contributed by atoms with van der Waals surface area (Å²) in [7, 11) is 3.55. The van der Waals surface area contributed by atoms with Crippen LogP contribution in [0.15, 0.2) is 42.7 Å². The molecule has 186 valence electrons. The fourth-order valence-electron chi connectivity index (χ4n) is 4.66. The van der Waals surface area contributed by atoms with Gasteiger partial charge >= 0.3 is 0 Å². The lowest BCUT2D eigenvalue weighted by Gasteiger charge is -2.26. The van der Waals surface area contributed by atoms with Crippen LogP contribution in [-0.2, 0) is 23.2 Å². The van der Waals surface area contributed by atoms with Crippen LogP contribution in [-0.4, -0.2) is 70.6 Å². The quantitative estimate of drug-likeness (QED) is 0.520. The topological polar surface area (TPSA) is 76.9 Å². The molecule has 8 heteroatoms. The number of carbonyl (C=O) groups excluding carboxylic acids is 2. The van der Waals surface area contributed by atoms with Gasteiger partial charge in [0, 0.05) is 55.7 Å². The Morgan fingerprint density at radius 1 is 1.23 bits per heavy atom. The molecule has 2 amide bonds. The molecule has 0 N–H and O–H groups in total. The Hall–Kier alpha value is -3.39. The van der Waals surface area contributed by atoms with Crippen LogP contribution in [0.1, 0.15) is 35.5 Å². The van der Waals surface area contributed by atoms with Gasteiger partial charge in [0.15, 0.2) is 0 Å². The lowest BCUT2D eigenvalue weighted by atomic mass is 10.1. The Bertz CT molecular complexity index is 1200. The van der Waals surface area contributed by atoms with E-state index in [-0.39, 0.29) is 24.5 Å². The Labute approximate surface area is 206 Å². The van der Waals surface area contributed by atoms with E-state index in [1.807, 2.05) is 53.8 Å². The minimum Gasteiger partial charge on any atom is -0.497 e. The summed E-state index contributed by atoms with van der Waals surface area (Å²) in [4.78, 5) is 34.8. The summed E-state index contributed by atoms with van der Waals surface area (Å²) in [5.41, 5.74) is 3.34. The fourth-order valence-corrected chi connectivity index (χ4v) is 4.66. The van der Waals surface area contributed by atoms with Gasteiger partial charge in [-0.25, -0.2) is 0 Å². The highest BCUT2D eigenvalue weighted by molar-refractivity contribution is 6.09. The van der Waals surface area contributed by atoms with E-state index in [1.54, 1.807) is 24.4 Å². The molecule has 0 aliphatic carbocycles. The molecule has 1 aliphatic heterocycles. The largest absolute Gasteiger partial charge is 0.497 e. The van der Waals surface area contributed by atoms with Gasteiger partial charge in [-0.05, 0) is 42.7 Å². The smallest absolute Gasteiger partial charge is 0.256 e. The van der Waals surface area contributed by atoms with Crippen LogP contribution in [0.2, 0.25) is 0 Å². The Morgan fingerprint density at radius 2 is 2.03 bits per heavy atom. The number of hydrogen-bond donors (Lipinski definition) is 0. The molecule has 2 aromatic heterocycles. The van der Waals surface area contributed by atoms with Crippen molar-refractivity contribution in [3.05, 3.63) is 59.5 Å². The maximum atomic E-state index is 13.9. The molecule has 3 heterocycles. The van der Waals surface area contributed by atoms with Crippen LogP contribution < -0.4 is 4.74 Å². The van der Waals surface area contributed by atoms with Crippen LogP contribution in [0.5, 0.6) is 5.75 Å². The predicted octanol–water partition coefficient (Wildman–Crippen LogP) is 3.42. The maximum absolute atomic E-state index is 13.9. The summed E-state index contributed by atoms with van der Waals surface area (Å²) in [6.45, 7) is 7.90. The van der Waals surface area contributed by atoms with Crippen LogP contribution in [0.25, 0.3) is 10.9 Å². The summed E-state index contributed by atoms with van der Waals surface area (Å²) < 4.78 is 13.6. The van der Waals surface area contributed by atoms with Crippen molar-refractivity contribution in [3.8, 4) is 5.75 Å². The summed E-state index contributed by atoms with van der Waals surface area (Å²) in [6.07, 6.45) is 3.18. The van der Waals surface area contributed by atoms with Crippen molar-refractivity contribution in [3.63, 3.8) is 0 Å². The minimum absolute atomic E-state index is 0.0259. The number of fused-ring (bicyclic) bond motifs is 1. The van der Waals surface area contributed by atoms with Crippen LogP contribution in [0.3, 0.4) is 0 Å². The van der Waals surface area contributed by atoms with Gasteiger partial charge in [-0.3, -0.25) is 14.6 Å². The molecule has 1 aliphatic rings. The molecule has 1 atom stereocenters. The van der Waals surface area contributed by atoms with Crippen LogP contribution in [0.4, 0.5) is 0 Å². The van der Waals surface area contributed by atoms with Gasteiger partial charge in [-0.15, -0.1) is 0 Å². The first-order valence-corrected chi connectivity index (χ1v) is 12.0. The fraction of sp³-hybridized carbons (Fsp3) is 0.444. The first-order chi connectivity index (χ1) is 16.8. The summed E-state index contributed by atoms with van der Waals surface area (Å²) in [6, 6.07) is 9.55. The summed E-state index contributed by atoms with van der Waals surface area (Å²) in [5, 5.41) is 0.818. The SMILES string of the molecule is COc1ccc2c(c1)c(C(=O)N1CC(=O)N(CC(C)C)C[C@H](OCc3cccnc3)C1)c(C)n2C. The zero-order chi connectivity index (χ0) is 25.1. The molecule has 0 bridgehead atoms. The lowest BCUT2D eigenvalue weighted by Crippen LogP contribution is -2.40. The van der Waals surface area contributed by atoms with E-state index in [0.717, 1.165) is 22.2 Å². The van der Waals surface area contributed by atoms with Crippen molar-refractivity contribution in [1.29, 1.82) is 0 Å².